The fourth-order valence-corrected chi connectivity index (χ4v) is 4.29. The Morgan fingerprint density at radius 2 is 2.00 bits per heavy atom. The van der Waals surface area contributed by atoms with Crippen molar-refractivity contribution in [2.45, 2.75) is 26.7 Å². The molecule has 6 nitrogen and oxygen atoms in total. The van der Waals surface area contributed by atoms with Crippen LogP contribution in [0.3, 0.4) is 0 Å². The normalized spacial score (nSPS) is 15.7. The van der Waals surface area contributed by atoms with Gasteiger partial charge in [0.05, 0.1) is 24.6 Å². The molecular formula is C25H26N4O2. The summed E-state index contributed by atoms with van der Waals surface area (Å²) in [4.78, 5) is 19.6. The van der Waals surface area contributed by atoms with Crippen LogP contribution in [0.5, 0.6) is 0 Å². The third-order valence-electron chi connectivity index (χ3n) is 5.97. The first kappa shape index (κ1) is 19.7. The summed E-state index contributed by atoms with van der Waals surface area (Å²) in [6, 6.07) is 12.4. The molecule has 0 N–H and O–H groups in total. The van der Waals surface area contributed by atoms with Crippen LogP contribution >= 0.6 is 0 Å². The van der Waals surface area contributed by atoms with Crippen molar-refractivity contribution < 1.29 is 9.53 Å². The SMILES string of the molecule is CCC(=O)C1=Cc2nc(-n3ccc(-c4cccc(C)c4)n3)cc(N3CCOCC3)c2C1. The molecule has 31 heavy (non-hydrogen) atoms. The number of ketones is 1. The number of rotatable bonds is 5. The summed E-state index contributed by atoms with van der Waals surface area (Å²) in [7, 11) is 0. The maximum absolute atomic E-state index is 12.4. The molecule has 3 aromatic rings. The summed E-state index contributed by atoms with van der Waals surface area (Å²) in [5.41, 5.74) is 7.19. The molecule has 2 aliphatic rings. The highest BCUT2D eigenvalue weighted by Gasteiger charge is 2.26. The number of carbonyl (C=O) groups is 1. The lowest BCUT2D eigenvalue weighted by Gasteiger charge is -2.30. The number of Topliss-reactive ketones (excluding diaryl/α,β-unsaturated/α-hetero) is 1. The minimum Gasteiger partial charge on any atom is -0.378 e. The molecule has 1 aliphatic carbocycles. The average molecular weight is 415 g/mol. The van der Waals surface area contributed by atoms with Crippen molar-refractivity contribution in [3.05, 3.63) is 65.0 Å². The van der Waals surface area contributed by atoms with E-state index >= 15 is 0 Å². The lowest BCUT2D eigenvalue weighted by molar-refractivity contribution is -0.115. The Balaban J connectivity index is 1.56. The van der Waals surface area contributed by atoms with Gasteiger partial charge in [-0.15, -0.1) is 0 Å². The number of aryl methyl sites for hydroxylation is 1. The van der Waals surface area contributed by atoms with Crippen LogP contribution in [0.4, 0.5) is 5.69 Å². The minimum absolute atomic E-state index is 0.188. The van der Waals surface area contributed by atoms with Crippen molar-refractivity contribution in [1.29, 1.82) is 0 Å². The van der Waals surface area contributed by atoms with E-state index in [4.69, 9.17) is 14.8 Å². The second-order valence-corrected chi connectivity index (χ2v) is 8.10. The number of benzene rings is 1. The highest BCUT2D eigenvalue weighted by atomic mass is 16.5. The molecule has 0 atom stereocenters. The zero-order valence-electron chi connectivity index (χ0n) is 18.0. The molecule has 1 saturated heterocycles. The number of aromatic nitrogens is 3. The molecule has 0 saturated carbocycles. The monoisotopic (exact) mass is 414 g/mol. The third-order valence-corrected chi connectivity index (χ3v) is 5.97. The van der Waals surface area contributed by atoms with E-state index in [1.54, 1.807) is 0 Å². The molecule has 0 bridgehead atoms. The summed E-state index contributed by atoms with van der Waals surface area (Å²) in [6.45, 7) is 7.07. The largest absolute Gasteiger partial charge is 0.378 e. The molecule has 5 rings (SSSR count). The minimum atomic E-state index is 0.188. The highest BCUT2D eigenvalue weighted by molar-refractivity contribution is 6.02. The predicted molar refractivity (Wildman–Crippen MR) is 122 cm³/mol. The van der Waals surface area contributed by atoms with Crippen LogP contribution in [0.25, 0.3) is 23.2 Å². The molecule has 1 aromatic carbocycles. The van der Waals surface area contributed by atoms with E-state index in [0.29, 0.717) is 26.1 Å². The van der Waals surface area contributed by atoms with Gasteiger partial charge in [-0.3, -0.25) is 4.79 Å². The Morgan fingerprint density at radius 1 is 1.16 bits per heavy atom. The van der Waals surface area contributed by atoms with E-state index in [1.807, 2.05) is 36.0 Å². The molecule has 158 valence electrons. The van der Waals surface area contributed by atoms with Gasteiger partial charge in [-0.25, -0.2) is 9.67 Å². The highest BCUT2D eigenvalue weighted by Crippen LogP contribution is 2.35. The van der Waals surface area contributed by atoms with Gasteiger partial charge in [0.1, 0.15) is 0 Å². The van der Waals surface area contributed by atoms with Gasteiger partial charge in [0, 0.05) is 60.6 Å². The number of fused-ring (bicyclic) bond motifs is 1. The molecule has 3 heterocycles. The van der Waals surface area contributed by atoms with Crippen molar-refractivity contribution in [1.82, 2.24) is 14.8 Å². The molecule has 0 spiro atoms. The molecule has 0 unspecified atom stereocenters. The summed E-state index contributed by atoms with van der Waals surface area (Å²) < 4.78 is 7.38. The molecule has 0 radical (unpaired) electrons. The lowest BCUT2D eigenvalue weighted by Crippen LogP contribution is -2.37. The van der Waals surface area contributed by atoms with E-state index in [2.05, 4.69) is 36.1 Å². The number of pyridine rings is 1. The summed E-state index contributed by atoms with van der Waals surface area (Å²) >= 11 is 0. The van der Waals surface area contributed by atoms with Crippen molar-refractivity contribution in [3.8, 4) is 17.1 Å². The Hall–Kier alpha value is -3.25. The van der Waals surface area contributed by atoms with Crippen molar-refractivity contribution in [3.63, 3.8) is 0 Å². The first-order chi connectivity index (χ1) is 15.1. The summed E-state index contributed by atoms with van der Waals surface area (Å²) in [5.74, 6) is 0.953. The van der Waals surface area contributed by atoms with Crippen LogP contribution in [-0.2, 0) is 16.0 Å². The molecule has 2 aromatic heterocycles. The van der Waals surface area contributed by atoms with E-state index in [1.165, 1.54) is 5.56 Å². The van der Waals surface area contributed by atoms with Crippen LogP contribution in [0, 0.1) is 6.92 Å². The second kappa shape index (κ2) is 8.12. The number of nitrogens with zero attached hydrogens (tertiary/aromatic N) is 4. The number of morpholine rings is 1. The smallest absolute Gasteiger partial charge is 0.159 e. The molecule has 0 amide bonds. The maximum Gasteiger partial charge on any atom is 0.159 e. The van der Waals surface area contributed by atoms with Crippen molar-refractivity contribution >= 4 is 17.5 Å². The fraction of sp³-hybridized carbons (Fsp3) is 0.320. The van der Waals surface area contributed by atoms with Gasteiger partial charge in [0.25, 0.3) is 0 Å². The second-order valence-electron chi connectivity index (χ2n) is 8.10. The van der Waals surface area contributed by atoms with E-state index < -0.39 is 0 Å². The Morgan fingerprint density at radius 3 is 2.77 bits per heavy atom. The van der Waals surface area contributed by atoms with Crippen molar-refractivity contribution in [2.75, 3.05) is 31.2 Å². The van der Waals surface area contributed by atoms with Gasteiger partial charge >= 0.3 is 0 Å². The Bertz CT molecular complexity index is 1170. The van der Waals surface area contributed by atoms with Gasteiger partial charge in [0.15, 0.2) is 11.6 Å². The predicted octanol–water partition coefficient (Wildman–Crippen LogP) is 4.00. The topological polar surface area (TPSA) is 60.2 Å². The van der Waals surface area contributed by atoms with Gasteiger partial charge in [-0.1, -0.05) is 30.7 Å². The standard InChI is InChI=1S/C25H26N4O2/c1-3-24(30)19-14-20-22(15-19)26-25(16-23(20)28-9-11-31-12-10-28)29-8-7-21(27-29)18-6-4-5-17(2)13-18/h4-8,13,15-16H,3,9-12,14H2,1-2H3. The molecule has 6 heteroatoms. The molecule has 1 fully saturated rings. The van der Waals surface area contributed by atoms with Gasteiger partial charge in [-0.05, 0) is 25.1 Å². The number of hydrogen-bond donors (Lipinski definition) is 0. The number of carbonyl (C=O) groups excluding carboxylic acids is 1. The van der Waals surface area contributed by atoms with E-state index in [0.717, 1.165) is 52.7 Å². The van der Waals surface area contributed by atoms with Crippen molar-refractivity contribution in [2.24, 2.45) is 0 Å². The van der Waals surface area contributed by atoms with Crippen LogP contribution in [0.1, 0.15) is 30.2 Å². The lowest BCUT2D eigenvalue weighted by atomic mass is 10.1. The third kappa shape index (κ3) is 3.79. The van der Waals surface area contributed by atoms with Gasteiger partial charge < -0.3 is 9.64 Å². The van der Waals surface area contributed by atoms with Crippen LogP contribution in [0.15, 0.2) is 48.2 Å². The Kier molecular flexibility index (Phi) is 5.16. The van der Waals surface area contributed by atoms with E-state index in [9.17, 15) is 4.79 Å². The van der Waals surface area contributed by atoms with Gasteiger partial charge in [-0.2, -0.15) is 5.10 Å². The zero-order valence-corrected chi connectivity index (χ0v) is 18.0. The average Bonchev–Trinajstić information content (AvgIpc) is 3.46. The first-order valence-corrected chi connectivity index (χ1v) is 10.9. The van der Waals surface area contributed by atoms with E-state index in [-0.39, 0.29) is 5.78 Å². The van der Waals surface area contributed by atoms with Gasteiger partial charge in [0.2, 0.25) is 0 Å². The molecular weight excluding hydrogens is 388 g/mol. The number of ether oxygens (including phenoxy) is 1. The number of allylic oxidation sites excluding steroid dienone is 1. The zero-order chi connectivity index (χ0) is 21.4. The number of anilines is 1. The quantitative estimate of drug-likeness (QED) is 0.632. The summed E-state index contributed by atoms with van der Waals surface area (Å²) in [6.07, 6.45) is 5.07. The van der Waals surface area contributed by atoms with Crippen LogP contribution in [-0.4, -0.2) is 46.9 Å². The number of hydrogen-bond acceptors (Lipinski definition) is 5. The van der Waals surface area contributed by atoms with Crippen LogP contribution in [0.2, 0.25) is 0 Å². The summed E-state index contributed by atoms with van der Waals surface area (Å²) in [5, 5.41) is 4.80. The first-order valence-electron chi connectivity index (χ1n) is 10.9. The maximum atomic E-state index is 12.4. The Labute approximate surface area is 182 Å². The fourth-order valence-electron chi connectivity index (χ4n) is 4.29. The van der Waals surface area contributed by atoms with Crippen LogP contribution < -0.4 is 4.90 Å². The molecule has 1 aliphatic heterocycles.